The highest BCUT2D eigenvalue weighted by Crippen LogP contribution is 2.63. The molecule has 0 bridgehead atoms. The quantitative estimate of drug-likeness (QED) is 0.463. The molecule has 11 heteroatoms. The zero-order valence-corrected chi connectivity index (χ0v) is 18.6. The minimum absolute atomic E-state index is 0.111. The fourth-order valence-electron chi connectivity index (χ4n) is 4.84. The van der Waals surface area contributed by atoms with Crippen LogP contribution in [0, 0.1) is 17.6 Å². The van der Waals surface area contributed by atoms with E-state index in [2.05, 4.69) is 20.2 Å². The van der Waals surface area contributed by atoms with Gasteiger partial charge in [-0.15, -0.1) is 5.10 Å². The first-order chi connectivity index (χ1) is 16.0. The number of benzene rings is 1. The summed E-state index contributed by atoms with van der Waals surface area (Å²) >= 11 is 1.30. The van der Waals surface area contributed by atoms with Gasteiger partial charge in [-0.3, -0.25) is 0 Å². The number of halogens is 2. The van der Waals surface area contributed by atoms with Gasteiger partial charge in [0.05, 0.1) is 17.3 Å². The van der Waals surface area contributed by atoms with Crippen molar-refractivity contribution in [2.75, 3.05) is 18.1 Å². The maximum absolute atomic E-state index is 14.7. The van der Waals surface area contributed by atoms with E-state index in [-0.39, 0.29) is 17.8 Å². The van der Waals surface area contributed by atoms with Crippen molar-refractivity contribution < 1.29 is 13.5 Å². The number of aromatic nitrogens is 5. The van der Waals surface area contributed by atoms with Crippen LogP contribution in [-0.4, -0.2) is 44.0 Å². The lowest BCUT2D eigenvalue weighted by atomic mass is 10.0. The molecule has 1 saturated heterocycles. The Kier molecular flexibility index (Phi) is 4.59. The topological polar surface area (TPSA) is 94.5 Å². The van der Waals surface area contributed by atoms with Gasteiger partial charge >= 0.3 is 0 Å². The molecule has 33 heavy (non-hydrogen) atoms. The SMILES string of the molecule is C[C@@H](N)COc1nnc(-c2cnn3ccc(N4CC[C@H]5C[C@]54c4cc(F)ccc4F)nc23)s1. The van der Waals surface area contributed by atoms with E-state index in [1.165, 1.54) is 23.5 Å². The monoisotopic (exact) mass is 469 g/mol. The van der Waals surface area contributed by atoms with Crippen LogP contribution in [0.15, 0.2) is 36.7 Å². The molecule has 2 fully saturated rings. The molecular weight excluding hydrogens is 448 g/mol. The molecule has 0 spiro atoms. The van der Waals surface area contributed by atoms with Crippen LogP contribution in [0.25, 0.3) is 16.2 Å². The smallest absolute Gasteiger partial charge is 0.294 e. The highest BCUT2D eigenvalue weighted by Gasteiger charge is 2.64. The van der Waals surface area contributed by atoms with Crippen molar-refractivity contribution in [2.45, 2.75) is 31.3 Å². The largest absolute Gasteiger partial charge is 0.467 e. The van der Waals surface area contributed by atoms with Crippen LogP contribution < -0.4 is 15.4 Å². The second kappa shape index (κ2) is 7.42. The van der Waals surface area contributed by atoms with E-state index < -0.39 is 11.4 Å². The molecule has 8 nitrogen and oxygen atoms in total. The Balaban J connectivity index is 1.37. The van der Waals surface area contributed by atoms with Gasteiger partial charge in [0.25, 0.3) is 5.19 Å². The van der Waals surface area contributed by atoms with Crippen molar-refractivity contribution in [3.8, 4) is 15.8 Å². The van der Waals surface area contributed by atoms with Crippen LogP contribution in [0.1, 0.15) is 25.3 Å². The maximum atomic E-state index is 14.7. The highest BCUT2D eigenvalue weighted by molar-refractivity contribution is 7.16. The van der Waals surface area contributed by atoms with Crippen molar-refractivity contribution >= 4 is 22.8 Å². The van der Waals surface area contributed by atoms with E-state index >= 15 is 0 Å². The summed E-state index contributed by atoms with van der Waals surface area (Å²) in [4.78, 5) is 6.97. The Morgan fingerprint density at radius 3 is 3.00 bits per heavy atom. The third-order valence-corrected chi connectivity index (χ3v) is 7.26. The number of hydrogen-bond donors (Lipinski definition) is 1. The van der Waals surface area contributed by atoms with Gasteiger partial charge in [0.2, 0.25) is 0 Å². The van der Waals surface area contributed by atoms with Crippen molar-refractivity contribution in [3.05, 3.63) is 53.9 Å². The van der Waals surface area contributed by atoms with Crippen molar-refractivity contribution in [1.82, 2.24) is 24.8 Å². The van der Waals surface area contributed by atoms with E-state index in [0.29, 0.717) is 33.8 Å². The fourth-order valence-corrected chi connectivity index (χ4v) is 5.55. The molecule has 170 valence electrons. The average molecular weight is 470 g/mol. The zero-order valence-electron chi connectivity index (χ0n) is 17.8. The highest BCUT2D eigenvalue weighted by atomic mass is 32.1. The first-order valence-electron chi connectivity index (χ1n) is 10.8. The number of fused-ring (bicyclic) bond motifs is 2. The van der Waals surface area contributed by atoms with E-state index in [1.54, 1.807) is 10.7 Å². The Bertz CT molecular complexity index is 1360. The lowest BCUT2D eigenvalue weighted by molar-refractivity contribution is 0.292. The second-order valence-corrected chi connectivity index (χ2v) is 9.60. The summed E-state index contributed by atoms with van der Waals surface area (Å²) in [5.41, 5.74) is 6.92. The van der Waals surface area contributed by atoms with Gasteiger partial charge in [0.1, 0.15) is 24.1 Å². The van der Waals surface area contributed by atoms with Gasteiger partial charge in [0, 0.05) is 24.3 Å². The van der Waals surface area contributed by atoms with Gasteiger partial charge in [0.15, 0.2) is 10.7 Å². The number of nitrogens with zero attached hydrogens (tertiary/aromatic N) is 6. The molecule has 0 unspecified atom stereocenters. The maximum Gasteiger partial charge on any atom is 0.294 e. The van der Waals surface area contributed by atoms with Crippen LogP contribution >= 0.6 is 11.3 Å². The zero-order chi connectivity index (χ0) is 22.7. The van der Waals surface area contributed by atoms with Crippen molar-refractivity contribution in [3.63, 3.8) is 0 Å². The summed E-state index contributed by atoms with van der Waals surface area (Å²) in [6.07, 6.45) is 5.20. The Morgan fingerprint density at radius 1 is 1.30 bits per heavy atom. The van der Waals surface area contributed by atoms with Crippen molar-refractivity contribution in [1.29, 1.82) is 0 Å². The normalized spacial score (nSPS) is 22.5. The number of anilines is 1. The lowest BCUT2D eigenvalue weighted by Crippen LogP contribution is -2.34. The number of nitrogens with two attached hydrogens (primary N) is 1. The molecule has 1 aliphatic heterocycles. The summed E-state index contributed by atoms with van der Waals surface area (Å²) < 4.78 is 35.9. The van der Waals surface area contributed by atoms with Crippen LogP contribution in [0.5, 0.6) is 5.19 Å². The van der Waals surface area contributed by atoms with Gasteiger partial charge < -0.3 is 15.4 Å². The first kappa shape index (κ1) is 20.4. The Hall–Kier alpha value is -3.18. The molecule has 1 aromatic carbocycles. The summed E-state index contributed by atoms with van der Waals surface area (Å²) in [5, 5.41) is 13.7. The minimum atomic E-state index is -0.555. The van der Waals surface area contributed by atoms with Gasteiger partial charge in [-0.1, -0.05) is 16.4 Å². The number of piperidine rings is 1. The third-order valence-electron chi connectivity index (χ3n) is 6.39. The Labute approximate surface area is 192 Å². The lowest BCUT2D eigenvalue weighted by Gasteiger charge is -2.30. The van der Waals surface area contributed by atoms with E-state index in [1.807, 2.05) is 19.2 Å². The second-order valence-electron chi connectivity index (χ2n) is 8.66. The molecule has 4 heterocycles. The molecule has 1 saturated carbocycles. The van der Waals surface area contributed by atoms with Gasteiger partial charge in [-0.2, -0.15) is 5.10 Å². The van der Waals surface area contributed by atoms with E-state index in [4.69, 9.17) is 15.5 Å². The summed E-state index contributed by atoms with van der Waals surface area (Å²) in [6.45, 7) is 2.92. The first-order valence-corrected chi connectivity index (χ1v) is 11.6. The molecule has 1 aliphatic carbocycles. The molecule has 4 aromatic rings. The Morgan fingerprint density at radius 2 is 2.18 bits per heavy atom. The summed E-state index contributed by atoms with van der Waals surface area (Å²) in [7, 11) is 0. The molecular formula is C22H21F2N7OS. The van der Waals surface area contributed by atoms with Crippen LogP contribution in [0.4, 0.5) is 14.6 Å². The van der Waals surface area contributed by atoms with Crippen LogP contribution in [0.3, 0.4) is 0 Å². The molecule has 6 rings (SSSR count). The molecule has 0 radical (unpaired) electrons. The number of hydrogen-bond acceptors (Lipinski definition) is 8. The minimum Gasteiger partial charge on any atom is -0.467 e. The van der Waals surface area contributed by atoms with Crippen LogP contribution in [-0.2, 0) is 5.54 Å². The average Bonchev–Trinajstić information content (AvgIpc) is 3.16. The summed E-state index contributed by atoms with van der Waals surface area (Å²) in [5.74, 6) is 0.165. The molecule has 0 amide bonds. The standard InChI is InChI=1S/C22H21F2N7OS/c1-12(25)11-32-21-29-28-20(33-21)15-10-26-31-7-5-18(27-19(15)31)30-6-4-13-9-22(13,30)16-8-14(23)2-3-17(16)24/h2-3,5,7-8,10,12-13H,4,6,9,11,25H2,1H3/t12-,13+,22-/m1/s1. The van der Waals surface area contributed by atoms with Gasteiger partial charge in [-0.25, -0.2) is 18.3 Å². The fraction of sp³-hybridized carbons (Fsp3) is 0.364. The molecule has 3 atom stereocenters. The van der Waals surface area contributed by atoms with Gasteiger partial charge in [-0.05, 0) is 49.9 Å². The number of ether oxygens (including phenoxy) is 1. The van der Waals surface area contributed by atoms with E-state index in [0.717, 1.165) is 31.0 Å². The molecule has 2 aliphatic rings. The number of rotatable bonds is 6. The molecule has 2 N–H and O–H groups in total. The van der Waals surface area contributed by atoms with Crippen LogP contribution in [0.2, 0.25) is 0 Å². The summed E-state index contributed by atoms with van der Waals surface area (Å²) in [6, 6.07) is 5.43. The predicted molar refractivity (Wildman–Crippen MR) is 119 cm³/mol. The third kappa shape index (κ3) is 3.25. The molecule has 3 aromatic heterocycles. The predicted octanol–water partition coefficient (Wildman–Crippen LogP) is 3.38. The van der Waals surface area contributed by atoms with E-state index in [9.17, 15) is 8.78 Å². The van der Waals surface area contributed by atoms with Crippen molar-refractivity contribution in [2.24, 2.45) is 11.7 Å².